The summed E-state index contributed by atoms with van der Waals surface area (Å²) in [5.74, 6) is 0. The first-order valence-electron chi connectivity index (χ1n) is 3.88. The van der Waals surface area contributed by atoms with E-state index in [0.29, 0.717) is 0 Å². The molecule has 0 bridgehead atoms. The van der Waals surface area contributed by atoms with Gasteiger partial charge in [-0.05, 0) is 0 Å². The molecule has 1 rings (SSSR count). The van der Waals surface area contributed by atoms with Gasteiger partial charge in [0.2, 0.25) is 0 Å². The van der Waals surface area contributed by atoms with Crippen LogP contribution in [0.1, 0.15) is 12.5 Å². The molecule has 0 unspecified atom stereocenters. The molecule has 0 fully saturated rings. The summed E-state index contributed by atoms with van der Waals surface area (Å²) in [4.78, 5) is 0. The van der Waals surface area contributed by atoms with Gasteiger partial charge in [0.15, 0.2) is 17.4 Å². The second-order valence-corrected chi connectivity index (χ2v) is 11.7. The van der Waals surface area contributed by atoms with Crippen molar-refractivity contribution in [2.24, 2.45) is 0 Å². The van der Waals surface area contributed by atoms with Crippen LogP contribution in [0.25, 0.3) is 0 Å². The molecular weight excluding hydrogens is 371 g/mol. The van der Waals surface area contributed by atoms with Gasteiger partial charge in [-0.3, -0.25) is 0 Å². The van der Waals surface area contributed by atoms with Gasteiger partial charge in [-0.25, -0.2) is 0 Å². The van der Waals surface area contributed by atoms with Crippen molar-refractivity contribution in [2.75, 3.05) is 0 Å². The summed E-state index contributed by atoms with van der Waals surface area (Å²) in [6, 6.07) is 9.07. The Kier molecular flexibility index (Phi) is 11.0. The van der Waals surface area contributed by atoms with Crippen LogP contribution in [0.15, 0.2) is 24.3 Å². The Labute approximate surface area is 104 Å². The molecule has 0 saturated heterocycles. The molecule has 0 aliphatic heterocycles. The molecule has 0 radical (unpaired) electrons. The number of rotatable bonds is 2. The van der Waals surface area contributed by atoms with E-state index in [1.54, 1.807) is 3.07 Å². The molecule has 1 aromatic rings. The Morgan fingerprint density at radius 3 is 2.08 bits per heavy atom. The van der Waals surface area contributed by atoms with E-state index in [9.17, 15) is 0 Å². The van der Waals surface area contributed by atoms with E-state index >= 15 is 0 Å². The van der Waals surface area contributed by atoms with Crippen LogP contribution in [0.5, 0.6) is 0 Å². The van der Waals surface area contributed by atoms with E-state index in [0.717, 1.165) is 0 Å². The van der Waals surface area contributed by atoms with Gasteiger partial charge in [-0.15, -0.1) is 12.4 Å². The van der Waals surface area contributed by atoms with E-state index in [1.165, 1.54) is 9.49 Å². The number of aryl methyl sites for hydroxylation is 1. The average Bonchev–Trinajstić information content (AvgIpc) is 1.95. The van der Waals surface area contributed by atoms with Crippen LogP contribution >= 0.6 is 12.4 Å². The first-order valence-corrected chi connectivity index (χ1v) is 10.5. The maximum absolute atomic E-state index is 2.31. The fourth-order valence-electron chi connectivity index (χ4n) is 1.04. The van der Waals surface area contributed by atoms with Crippen LogP contribution in [0.4, 0.5) is 0 Å². The summed E-state index contributed by atoms with van der Waals surface area (Å²) in [7, 11) is 0. The summed E-state index contributed by atoms with van der Waals surface area (Å²) in [5, 5.41) is 0. The molecule has 0 heterocycles. The molecule has 0 aliphatic carbocycles. The molecule has 0 saturated carbocycles. The van der Waals surface area contributed by atoms with Gasteiger partial charge in [0.05, 0.1) is 0 Å². The standard InChI is InChI=1S/C7H7.C2H5.Al.ClH.Hg.3H/c1-7-5-3-2-4-6-7;1-2;;;;;;/h3-6H,1H3;1H2,2H3;;1H;;;;. The molecule has 0 N–H and O–H groups in total. The third-order valence-corrected chi connectivity index (χ3v) is 7.68. The zero-order valence-electron chi connectivity index (χ0n) is 7.13. The molecule has 3 heteroatoms. The Balaban J connectivity index is 0. The average molecular weight is 387 g/mol. The van der Waals surface area contributed by atoms with Gasteiger partial charge in [0.25, 0.3) is 0 Å². The van der Waals surface area contributed by atoms with E-state index in [2.05, 4.69) is 38.1 Å². The van der Waals surface area contributed by atoms with Crippen molar-refractivity contribution in [3.63, 3.8) is 0 Å². The summed E-state index contributed by atoms with van der Waals surface area (Å²) in [6.07, 6.45) is 0. The molecule has 64 valence electrons. The van der Waals surface area contributed by atoms with Crippen molar-refractivity contribution in [3.8, 4) is 0 Å². The van der Waals surface area contributed by atoms with Crippen LogP contribution in [-0.4, -0.2) is 17.4 Å². The minimum absolute atomic E-state index is 0. The molecular formula is C9H16AlClHg. The SMILES string of the molecule is C[CH2][Hg][c]1ccc(C)cc1.Cl.[AlH3]. The van der Waals surface area contributed by atoms with Crippen LogP contribution in [0.2, 0.25) is 3.93 Å². The largest absolute Gasteiger partial charge is 0.187 e. The second-order valence-electron chi connectivity index (χ2n) is 2.74. The number of benzene rings is 1. The van der Waals surface area contributed by atoms with Crippen molar-refractivity contribution >= 4 is 32.8 Å². The van der Waals surface area contributed by atoms with Gasteiger partial charge in [0.1, 0.15) is 0 Å². The maximum Gasteiger partial charge on any atom is 0.187 e. The van der Waals surface area contributed by atoms with Crippen molar-refractivity contribution in [1.82, 2.24) is 0 Å². The third kappa shape index (κ3) is 5.59. The van der Waals surface area contributed by atoms with E-state index in [-0.39, 0.29) is 29.8 Å². The molecule has 0 aliphatic rings. The van der Waals surface area contributed by atoms with Crippen molar-refractivity contribution < 1.29 is 24.6 Å². The second kappa shape index (κ2) is 8.57. The quantitative estimate of drug-likeness (QED) is 0.673. The van der Waals surface area contributed by atoms with Crippen molar-refractivity contribution in [2.45, 2.75) is 17.8 Å². The fourth-order valence-corrected chi connectivity index (χ4v) is 5.50. The Morgan fingerprint density at radius 2 is 1.67 bits per heavy atom. The number of hydrogen-bond donors (Lipinski definition) is 0. The maximum atomic E-state index is 2.31. The molecule has 0 spiro atoms. The van der Waals surface area contributed by atoms with Crippen molar-refractivity contribution in [1.29, 1.82) is 0 Å². The smallest absolute Gasteiger partial charge is 0.147 e. The van der Waals surface area contributed by atoms with Gasteiger partial charge in [0, 0.05) is 0 Å². The van der Waals surface area contributed by atoms with Crippen LogP contribution in [0.3, 0.4) is 0 Å². The van der Waals surface area contributed by atoms with E-state index in [4.69, 9.17) is 0 Å². The zero-order valence-corrected chi connectivity index (χ0v) is 13.4. The number of halogens is 1. The zero-order chi connectivity index (χ0) is 7.40. The Bertz CT molecular complexity index is 198. The van der Waals surface area contributed by atoms with Gasteiger partial charge in [-0.2, -0.15) is 0 Å². The number of hydrogen-bond acceptors (Lipinski definition) is 0. The van der Waals surface area contributed by atoms with Crippen LogP contribution < -0.4 is 3.07 Å². The van der Waals surface area contributed by atoms with Crippen LogP contribution in [0, 0.1) is 6.92 Å². The molecule has 12 heavy (non-hydrogen) atoms. The first-order chi connectivity index (χ1) is 4.83. The minimum atomic E-state index is -0.592. The summed E-state index contributed by atoms with van der Waals surface area (Å²) in [6.45, 7) is 4.45. The first kappa shape index (κ1) is 15.4. The topological polar surface area (TPSA) is 0 Å². The van der Waals surface area contributed by atoms with E-state index < -0.39 is 24.6 Å². The van der Waals surface area contributed by atoms with Gasteiger partial charge >= 0.3 is 75.3 Å². The summed E-state index contributed by atoms with van der Waals surface area (Å²) in [5.41, 5.74) is 1.38. The fraction of sp³-hybridized carbons (Fsp3) is 0.333. The summed E-state index contributed by atoms with van der Waals surface area (Å²) < 4.78 is 3.14. The Hall–Kier alpha value is 0.978. The minimum Gasteiger partial charge on any atom is -0.147 e. The molecule has 0 aromatic heterocycles. The van der Waals surface area contributed by atoms with Gasteiger partial charge in [-0.1, -0.05) is 0 Å². The predicted molar refractivity (Wildman–Crippen MR) is 58.5 cm³/mol. The molecule has 1 aromatic carbocycles. The molecule has 0 atom stereocenters. The monoisotopic (exact) mass is 388 g/mol. The predicted octanol–water partition coefficient (Wildman–Crippen LogP) is 1.38. The van der Waals surface area contributed by atoms with Crippen molar-refractivity contribution in [3.05, 3.63) is 29.8 Å². The Morgan fingerprint density at radius 1 is 1.17 bits per heavy atom. The summed E-state index contributed by atoms with van der Waals surface area (Å²) >= 11 is -0.592. The molecule has 0 nitrogen and oxygen atoms in total. The normalized spacial score (nSPS) is 7.50. The van der Waals surface area contributed by atoms with Gasteiger partial charge < -0.3 is 0 Å². The van der Waals surface area contributed by atoms with Crippen LogP contribution in [-0.2, 0) is 24.6 Å². The van der Waals surface area contributed by atoms with E-state index in [1.807, 2.05) is 0 Å². The molecule has 0 amide bonds. The third-order valence-electron chi connectivity index (χ3n) is 1.66.